The summed E-state index contributed by atoms with van der Waals surface area (Å²) in [5, 5.41) is 28.2. The molecule has 0 amide bonds. The summed E-state index contributed by atoms with van der Waals surface area (Å²) in [6, 6.07) is 14.6. The van der Waals surface area contributed by atoms with E-state index in [1.54, 1.807) is 24.3 Å². The SMILES string of the molecule is O=S(=O)(c1ccc(N2CNCCCNCCCNCCCNC2)cc1)c1ccc(N2CNCCCNCCCNCCCNC2)cc1.[Cu+2].[Cu+2].[O-][Cl+3]([O-])([O-])[O-].[O-][Cl+3]([O-])([O-])[O-].[O-][Cl+3]([O-])([O-])[O-].[O-][Cl+3]([O-])([O-])[O-]. The molecule has 69 heavy (non-hydrogen) atoms. The molecule has 2 aliphatic heterocycles. The van der Waals surface area contributed by atoms with E-state index in [4.69, 9.17) is 74.5 Å². The zero-order valence-electron chi connectivity index (χ0n) is 36.9. The summed E-state index contributed by atoms with van der Waals surface area (Å²) >= 11 is 0. The van der Waals surface area contributed by atoms with Gasteiger partial charge in [-0.3, -0.25) is 21.3 Å². The smallest absolute Gasteiger partial charge is 0.346 e. The Kier molecular flexibility index (Phi) is 42.6. The Morgan fingerprint density at radius 1 is 0.319 bits per heavy atom. The van der Waals surface area contributed by atoms with Crippen LogP contribution in [0.4, 0.5) is 11.4 Å². The molecule has 2 radical (unpaired) electrons. The minimum Gasteiger partial charge on any atom is -0.346 e. The summed E-state index contributed by atoms with van der Waals surface area (Å²) < 4.78 is 163. The van der Waals surface area contributed by atoms with Crippen molar-refractivity contribution >= 4 is 21.2 Å². The molecule has 0 atom stereocenters. The molecule has 2 heterocycles. The molecule has 2 aromatic rings. The largest absolute Gasteiger partial charge is 2.00 e. The summed E-state index contributed by atoms with van der Waals surface area (Å²) in [6.07, 6.45) is 6.54. The van der Waals surface area contributed by atoms with E-state index in [1.807, 2.05) is 24.3 Å². The van der Waals surface area contributed by atoms with Gasteiger partial charge in [-0.05, 0) is 166 Å². The van der Waals surface area contributed by atoms with Crippen molar-refractivity contribution in [2.24, 2.45) is 0 Å². The summed E-state index contributed by atoms with van der Waals surface area (Å²) in [5.41, 5.74) is 1.96. The second-order valence-corrected chi connectivity index (χ2v) is 18.8. The first-order valence-electron chi connectivity index (χ1n) is 20.2. The number of rotatable bonds is 4. The van der Waals surface area contributed by atoms with Gasteiger partial charge in [0.05, 0.1) is 36.5 Å². The van der Waals surface area contributed by atoms with Gasteiger partial charge in [-0.25, -0.2) is 83.0 Å². The van der Waals surface area contributed by atoms with Crippen LogP contribution in [0.15, 0.2) is 58.3 Å². The van der Waals surface area contributed by atoms with Crippen molar-refractivity contribution in [3.63, 3.8) is 0 Å². The van der Waals surface area contributed by atoms with E-state index < -0.39 is 50.8 Å². The molecule has 0 saturated carbocycles. The maximum Gasteiger partial charge on any atom is 2.00 e. The maximum atomic E-state index is 13.6. The first kappa shape index (κ1) is 72.5. The van der Waals surface area contributed by atoms with Gasteiger partial charge in [0.1, 0.15) is 0 Å². The maximum absolute atomic E-state index is 13.6. The van der Waals surface area contributed by atoms with Crippen molar-refractivity contribution in [1.29, 1.82) is 0 Å². The summed E-state index contributed by atoms with van der Waals surface area (Å²) in [6.45, 7) is 14.6. The molecule has 2 aromatic carbocycles. The van der Waals surface area contributed by atoms with Gasteiger partial charge in [0.15, 0.2) is 0 Å². The third-order valence-corrected chi connectivity index (χ3v) is 10.3. The molecular formula is C34H60Cl4Cu2N10O18S. The number of nitrogens with one attached hydrogen (secondary N) is 8. The molecule has 28 nitrogen and oxygen atoms in total. The van der Waals surface area contributed by atoms with E-state index in [0.717, 1.165) is 128 Å². The van der Waals surface area contributed by atoms with Crippen molar-refractivity contribution in [3.8, 4) is 0 Å². The van der Waals surface area contributed by atoms with Crippen molar-refractivity contribution in [2.45, 2.75) is 48.3 Å². The van der Waals surface area contributed by atoms with Gasteiger partial charge in [-0.2, -0.15) is 0 Å². The molecular weight excluding hydrogens is 1140 g/mol. The minimum atomic E-state index is -4.94. The van der Waals surface area contributed by atoms with E-state index in [-0.39, 0.29) is 34.1 Å². The van der Waals surface area contributed by atoms with Gasteiger partial charge in [-0.15, -0.1) is 41.0 Å². The van der Waals surface area contributed by atoms with Crippen LogP contribution in [0.2, 0.25) is 0 Å². The number of anilines is 2. The molecule has 0 aromatic heterocycles. The standard InChI is InChI=1S/C34H60N10O2S.4ClHO4.2Cu/c45-47(46,33-11-7-31(8-12-33)43-27-39-23-3-19-35-15-1-16-36-20-4-24-40-28-43)34-13-9-32(10-14-34)44-29-41-25-5-21-37-17-2-18-38-22-6-26-42-30-44;4*2-1(3,4)5;;/h7-14,35-42H,1-6,15-30H2;4*(H,2,3,4,5);;/q;;;;;2*+2/p-4. The average molecular weight is 1200 g/mol. The third kappa shape index (κ3) is 50.5. The average Bonchev–Trinajstić information content (AvgIpc) is 3.19. The zero-order chi connectivity index (χ0) is 50.8. The molecule has 0 aliphatic carbocycles. The number of benzene rings is 2. The number of sulfone groups is 1. The minimum absolute atomic E-state index is 0. The number of hydrogen-bond acceptors (Lipinski definition) is 28. The summed E-state index contributed by atoms with van der Waals surface area (Å²) in [5.74, 6) is 0. The Balaban J connectivity index is -0.00000166. The van der Waals surface area contributed by atoms with Gasteiger partial charge in [0, 0.05) is 11.4 Å². The molecule has 0 spiro atoms. The Labute approximate surface area is 431 Å². The topological polar surface area (TPSA) is 506 Å². The molecule has 35 heteroatoms. The van der Waals surface area contributed by atoms with E-state index in [0.29, 0.717) is 36.5 Å². The van der Waals surface area contributed by atoms with Crippen LogP contribution in [-0.2, 0) is 44.0 Å². The first-order chi connectivity index (χ1) is 31.1. The van der Waals surface area contributed by atoms with E-state index in [2.05, 4.69) is 52.3 Å². The van der Waals surface area contributed by atoms with E-state index in [9.17, 15) is 8.42 Å². The fraction of sp³-hybridized carbons (Fsp3) is 0.647. The Morgan fingerprint density at radius 2 is 0.478 bits per heavy atom. The molecule has 4 rings (SSSR count). The number of hydrogen-bond donors (Lipinski definition) is 8. The number of nitrogens with zero attached hydrogens (tertiary/aromatic N) is 2. The second kappa shape index (κ2) is 40.6. The molecule has 0 unspecified atom stereocenters. The molecule has 0 bridgehead atoms. The normalized spacial score (nSPS) is 17.7. The molecule has 2 fully saturated rings. The summed E-state index contributed by atoms with van der Waals surface area (Å²) in [7, 11) is -23.4. The molecule has 2 saturated heterocycles. The van der Waals surface area contributed by atoms with Crippen LogP contribution < -0.4 is 127 Å². The van der Waals surface area contributed by atoms with Crippen molar-refractivity contribution in [3.05, 3.63) is 48.5 Å². The van der Waals surface area contributed by atoms with Gasteiger partial charge in [-0.1, -0.05) is 0 Å². The van der Waals surface area contributed by atoms with Crippen LogP contribution in [0, 0.1) is 41.0 Å². The number of halogens is 4. The first-order valence-corrected chi connectivity index (χ1v) is 26.6. The molecule has 410 valence electrons. The molecule has 2 aliphatic rings. The van der Waals surface area contributed by atoms with E-state index in [1.165, 1.54) is 0 Å². The Bertz CT molecular complexity index is 1440. The predicted molar refractivity (Wildman–Crippen MR) is 194 cm³/mol. The van der Waals surface area contributed by atoms with Gasteiger partial charge < -0.3 is 31.1 Å². The van der Waals surface area contributed by atoms with Gasteiger partial charge >= 0.3 is 34.1 Å². The fourth-order valence-corrected chi connectivity index (χ4v) is 6.93. The van der Waals surface area contributed by atoms with Crippen LogP contribution in [-0.4, -0.2) is 114 Å². The van der Waals surface area contributed by atoms with E-state index >= 15 is 0 Å². The van der Waals surface area contributed by atoms with Crippen LogP contribution in [0.25, 0.3) is 0 Å². The quantitative estimate of drug-likeness (QED) is 0.132. The van der Waals surface area contributed by atoms with Crippen molar-refractivity contribution < 1.29 is 158 Å². The van der Waals surface area contributed by atoms with Crippen LogP contribution in [0.1, 0.15) is 38.5 Å². The molecule has 8 N–H and O–H groups in total. The fourth-order valence-electron chi connectivity index (χ4n) is 5.67. The zero-order valence-corrected chi connectivity index (χ0v) is 42.7. The monoisotopic (exact) mass is 1190 g/mol. The van der Waals surface area contributed by atoms with Crippen LogP contribution in [0.3, 0.4) is 0 Å². The van der Waals surface area contributed by atoms with Crippen molar-refractivity contribution in [2.75, 3.05) is 115 Å². The van der Waals surface area contributed by atoms with Gasteiger partial charge in [0.2, 0.25) is 9.84 Å². The second-order valence-electron chi connectivity index (χ2n) is 13.8. The third-order valence-electron chi connectivity index (χ3n) is 8.48. The van der Waals surface area contributed by atoms with Crippen molar-refractivity contribution in [1.82, 2.24) is 42.5 Å². The Hall–Kier alpha value is -0.771. The summed E-state index contributed by atoms with van der Waals surface area (Å²) in [4.78, 5) is 5.04. The van der Waals surface area contributed by atoms with Gasteiger partial charge in [0.25, 0.3) is 0 Å². The Morgan fingerprint density at radius 3 is 0.652 bits per heavy atom. The van der Waals surface area contributed by atoms with Crippen LogP contribution >= 0.6 is 0 Å². The van der Waals surface area contributed by atoms with Crippen LogP contribution in [0.5, 0.6) is 0 Å². The predicted octanol–water partition coefficient (Wildman–Crippen LogP) is -18.0.